The second-order valence-corrected chi connectivity index (χ2v) is 9.71. The fourth-order valence-electron chi connectivity index (χ4n) is 4.95. The van der Waals surface area contributed by atoms with Gasteiger partial charge in [0.15, 0.2) is 0 Å². The number of amides is 2. The molecule has 36 heavy (non-hydrogen) atoms. The third-order valence-corrected chi connectivity index (χ3v) is 6.93. The van der Waals surface area contributed by atoms with Gasteiger partial charge in [-0.05, 0) is 75.6 Å². The van der Waals surface area contributed by atoms with Crippen molar-refractivity contribution in [2.24, 2.45) is 0 Å². The van der Waals surface area contributed by atoms with Crippen molar-refractivity contribution < 1.29 is 24.2 Å². The van der Waals surface area contributed by atoms with Crippen molar-refractivity contribution >= 4 is 23.6 Å². The fourth-order valence-corrected chi connectivity index (χ4v) is 5.16. The zero-order valence-electron chi connectivity index (χ0n) is 20.6. The molecule has 1 aromatic heterocycles. The summed E-state index contributed by atoms with van der Waals surface area (Å²) in [5, 5.41) is 15.0. The number of pyridine rings is 1. The topological polar surface area (TPSA) is 110 Å². The Morgan fingerprint density at radius 2 is 1.94 bits per heavy atom. The highest BCUT2D eigenvalue weighted by Gasteiger charge is 2.26. The average Bonchev–Trinajstić information content (AvgIpc) is 2.83. The highest BCUT2D eigenvalue weighted by Crippen LogP contribution is 2.33. The predicted octanol–water partition coefficient (Wildman–Crippen LogP) is 4.98. The number of nitrogens with zero attached hydrogens (tertiary/aromatic N) is 1. The summed E-state index contributed by atoms with van der Waals surface area (Å²) in [7, 11) is 1.59. The number of ether oxygens (including phenoxy) is 2. The lowest BCUT2D eigenvalue weighted by Gasteiger charge is -2.29. The van der Waals surface area contributed by atoms with Crippen molar-refractivity contribution in [1.29, 1.82) is 0 Å². The number of carbonyl (C=O) groups excluding carboxylic acids is 1. The number of carbonyl (C=O) groups is 2. The second kappa shape index (κ2) is 11.6. The lowest BCUT2D eigenvalue weighted by molar-refractivity contribution is 0.0947. The van der Waals surface area contributed by atoms with Crippen molar-refractivity contribution in [3.05, 3.63) is 63.3 Å². The Morgan fingerprint density at radius 1 is 1.17 bits per heavy atom. The molecule has 192 valence electrons. The Morgan fingerprint density at radius 3 is 2.67 bits per heavy atom. The third-order valence-electron chi connectivity index (χ3n) is 6.71. The average molecular weight is 514 g/mol. The molecule has 9 heteroatoms. The zero-order valence-corrected chi connectivity index (χ0v) is 21.4. The molecule has 0 saturated heterocycles. The van der Waals surface area contributed by atoms with Crippen LogP contribution in [0.5, 0.6) is 11.6 Å². The SMILES string of the molecule is COc1nc(C)cc2c1CNC(=O)c1cc(Cl)cc(OC3CCC(NC(=O)O)CC3)c1C/C=C\CC2. The predicted molar refractivity (Wildman–Crippen MR) is 137 cm³/mol. The maximum absolute atomic E-state index is 13.4. The fraction of sp³-hybridized carbons (Fsp3) is 0.444. The molecule has 1 aliphatic carbocycles. The van der Waals surface area contributed by atoms with E-state index < -0.39 is 6.09 Å². The quantitative estimate of drug-likeness (QED) is 0.497. The van der Waals surface area contributed by atoms with Gasteiger partial charge in [0.2, 0.25) is 5.88 Å². The molecule has 4 rings (SSSR count). The molecule has 1 aromatic carbocycles. The molecule has 0 bridgehead atoms. The Bertz CT molecular complexity index is 1160. The van der Waals surface area contributed by atoms with Crippen LogP contribution in [0.2, 0.25) is 5.02 Å². The molecule has 1 saturated carbocycles. The molecular weight excluding hydrogens is 482 g/mol. The smallest absolute Gasteiger partial charge is 0.404 e. The summed E-state index contributed by atoms with van der Waals surface area (Å²) in [6.45, 7) is 2.22. The van der Waals surface area contributed by atoms with E-state index in [-0.39, 0.29) is 24.6 Å². The molecule has 3 N–H and O–H groups in total. The van der Waals surface area contributed by atoms with Gasteiger partial charge in [-0.15, -0.1) is 0 Å². The maximum atomic E-state index is 13.4. The van der Waals surface area contributed by atoms with E-state index in [9.17, 15) is 9.59 Å². The van der Waals surface area contributed by atoms with Crippen LogP contribution in [0.3, 0.4) is 0 Å². The molecule has 2 heterocycles. The van der Waals surface area contributed by atoms with Gasteiger partial charge < -0.3 is 25.2 Å². The number of methoxy groups -OCH3 is 1. The van der Waals surface area contributed by atoms with E-state index >= 15 is 0 Å². The van der Waals surface area contributed by atoms with E-state index in [0.29, 0.717) is 41.5 Å². The monoisotopic (exact) mass is 513 g/mol. The van der Waals surface area contributed by atoms with Crippen LogP contribution in [0.25, 0.3) is 0 Å². The number of halogens is 1. The van der Waals surface area contributed by atoms with Crippen molar-refractivity contribution in [2.75, 3.05) is 7.11 Å². The van der Waals surface area contributed by atoms with Crippen LogP contribution >= 0.6 is 11.6 Å². The summed E-state index contributed by atoms with van der Waals surface area (Å²) in [4.78, 5) is 28.8. The third kappa shape index (κ3) is 6.29. The summed E-state index contributed by atoms with van der Waals surface area (Å²) < 4.78 is 11.9. The van der Waals surface area contributed by atoms with Crippen molar-refractivity contribution in [3.63, 3.8) is 0 Å². The standard InChI is InChI=1S/C27H32ClN3O5/c1-16-12-17-6-4-3-5-7-21-22(25(32)29-15-23(17)26(30-16)35-2)13-18(28)14-24(21)36-20-10-8-19(9-11-20)31-27(33)34/h3,5,12-14,19-20,31H,4,6-11,15H2,1-2H3,(H,29,32)(H,33,34)/b5-3-. The van der Waals surface area contributed by atoms with E-state index in [1.54, 1.807) is 19.2 Å². The van der Waals surface area contributed by atoms with E-state index in [0.717, 1.165) is 48.1 Å². The first-order valence-corrected chi connectivity index (χ1v) is 12.7. The zero-order chi connectivity index (χ0) is 25.7. The van der Waals surface area contributed by atoms with E-state index in [1.807, 2.05) is 13.0 Å². The molecule has 1 fully saturated rings. The lowest BCUT2D eigenvalue weighted by Crippen LogP contribution is -2.39. The van der Waals surface area contributed by atoms with Gasteiger partial charge in [0.1, 0.15) is 5.75 Å². The molecular formula is C27H32ClN3O5. The number of hydrogen-bond donors (Lipinski definition) is 3. The van der Waals surface area contributed by atoms with Gasteiger partial charge in [-0.25, -0.2) is 9.78 Å². The van der Waals surface area contributed by atoms with Crippen LogP contribution < -0.4 is 20.1 Å². The first kappa shape index (κ1) is 25.8. The number of aromatic nitrogens is 1. The van der Waals surface area contributed by atoms with E-state index in [1.165, 1.54) is 0 Å². The molecule has 0 radical (unpaired) electrons. The van der Waals surface area contributed by atoms with Crippen molar-refractivity contribution in [1.82, 2.24) is 15.6 Å². The van der Waals surface area contributed by atoms with Gasteiger partial charge >= 0.3 is 6.09 Å². The van der Waals surface area contributed by atoms with Crippen LogP contribution in [0.15, 0.2) is 30.4 Å². The van der Waals surface area contributed by atoms with E-state index in [2.05, 4.69) is 27.8 Å². The van der Waals surface area contributed by atoms with Gasteiger partial charge in [0.25, 0.3) is 5.91 Å². The van der Waals surface area contributed by atoms with Crippen molar-refractivity contribution in [3.8, 4) is 11.6 Å². The molecule has 0 spiro atoms. The number of aryl methyl sites for hydroxylation is 2. The maximum Gasteiger partial charge on any atom is 0.404 e. The number of carboxylic acid groups (broad SMARTS) is 1. The van der Waals surface area contributed by atoms with Gasteiger partial charge in [0, 0.05) is 40.0 Å². The summed E-state index contributed by atoms with van der Waals surface area (Å²) in [6, 6.07) is 5.42. The Hall–Kier alpha value is -3.26. The Labute approximate surface area is 216 Å². The minimum absolute atomic E-state index is 0.0610. The first-order chi connectivity index (χ1) is 17.3. The normalized spacial score (nSPS) is 21.0. The molecule has 1 aliphatic heterocycles. The number of rotatable bonds is 4. The van der Waals surface area contributed by atoms with Crippen LogP contribution in [-0.2, 0) is 19.4 Å². The van der Waals surface area contributed by atoms with E-state index in [4.69, 9.17) is 26.2 Å². The Kier molecular flexibility index (Phi) is 8.36. The molecule has 2 amide bonds. The summed E-state index contributed by atoms with van der Waals surface area (Å²) in [5.74, 6) is 0.878. The Balaban J connectivity index is 1.59. The number of fused-ring (bicyclic) bond motifs is 2. The molecule has 0 atom stereocenters. The number of nitrogens with one attached hydrogen (secondary N) is 2. The lowest BCUT2D eigenvalue weighted by atomic mass is 9.92. The van der Waals surface area contributed by atoms with Crippen molar-refractivity contribution in [2.45, 2.75) is 70.6 Å². The molecule has 2 aromatic rings. The summed E-state index contributed by atoms with van der Waals surface area (Å²) in [6.07, 6.45) is 8.15. The van der Waals surface area contributed by atoms with Gasteiger partial charge in [0.05, 0.1) is 13.2 Å². The summed E-state index contributed by atoms with van der Waals surface area (Å²) >= 11 is 6.43. The molecule has 8 nitrogen and oxygen atoms in total. The van der Waals surface area contributed by atoms with Crippen LogP contribution in [0, 0.1) is 6.92 Å². The molecule has 2 aliphatic rings. The number of allylic oxidation sites excluding steroid dienone is 2. The van der Waals surface area contributed by atoms with Crippen LogP contribution in [0.1, 0.15) is 64.8 Å². The van der Waals surface area contributed by atoms with Gasteiger partial charge in [-0.3, -0.25) is 4.79 Å². The number of benzene rings is 1. The molecule has 0 unspecified atom stereocenters. The van der Waals surface area contributed by atoms with Gasteiger partial charge in [-0.1, -0.05) is 23.8 Å². The summed E-state index contributed by atoms with van der Waals surface area (Å²) in [5.41, 5.74) is 4.11. The van der Waals surface area contributed by atoms with Crippen LogP contribution in [0.4, 0.5) is 4.79 Å². The minimum atomic E-state index is -1.00. The highest BCUT2D eigenvalue weighted by molar-refractivity contribution is 6.31. The largest absolute Gasteiger partial charge is 0.490 e. The number of hydrogen-bond acceptors (Lipinski definition) is 5. The second-order valence-electron chi connectivity index (χ2n) is 9.28. The minimum Gasteiger partial charge on any atom is -0.490 e. The first-order valence-electron chi connectivity index (χ1n) is 12.3. The van der Waals surface area contributed by atoms with Crippen LogP contribution in [-0.4, -0.2) is 41.3 Å². The highest BCUT2D eigenvalue weighted by atomic mass is 35.5. The van der Waals surface area contributed by atoms with Gasteiger partial charge in [-0.2, -0.15) is 0 Å².